The fourth-order valence-electron chi connectivity index (χ4n) is 1.09. The molecule has 1 fully saturated rings. The minimum atomic E-state index is -0.622. The normalized spacial score (nSPS) is 15.4. The third-order valence-corrected chi connectivity index (χ3v) is 2.07. The molecule has 0 aliphatic heterocycles. The number of ketones is 1. The summed E-state index contributed by atoms with van der Waals surface area (Å²) in [4.78, 5) is 30.8. The van der Waals surface area contributed by atoms with Crippen molar-refractivity contribution in [3.63, 3.8) is 0 Å². The quantitative estimate of drug-likeness (QED) is 0.442. The van der Waals surface area contributed by atoms with Gasteiger partial charge in [-0.05, 0) is 19.3 Å². The number of rotatable bonds is 5. The second-order valence-electron chi connectivity index (χ2n) is 3.61. The van der Waals surface area contributed by atoms with E-state index in [9.17, 15) is 9.59 Å². The summed E-state index contributed by atoms with van der Waals surface area (Å²) in [6.45, 7) is 1.69. The molecule has 0 aromatic carbocycles. The standard InChI is InChI=1S/C9H16N2O2.CH2O2/c1-2-3-7(10)8(12)9(13)11-6-4-5-6;2-1-3/h6-7H,2-5,10H2,1H3,(H,11,13);1H,(H,2,3). The van der Waals surface area contributed by atoms with Crippen LogP contribution >= 0.6 is 0 Å². The van der Waals surface area contributed by atoms with E-state index in [2.05, 4.69) is 5.32 Å². The van der Waals surface area contributed by atoms with Crippen molar-refractivity contribution in [1.29, 1.82) is 0 Å². The van der Waals surface area contributed by atoms with Crippen molar-refractivity contribution in [3.8, 4) is 0 Å². The zero-order valence-corrected chi connectivity index (χ0v) is 9.31. The van der Waals surface area contributed by atoms with Gasteiger partial charge in [-0.25, -0.2) is 0 Å². The summed E-state index contributed by atoms with van der Waals surface area (Å²) in [5.74, 6) is -0.989. The van der Waals surface area contributed by atoms with E-state index in [0.717, 1.165) is 19.3 Å². The second kappa shape index (κ2) is 7.81. The van der Waals surface area contributed by atoms with Gasteiger partial charge in [-0.15, -0.1) is 0 Å². The lowest BCUT2D eigenvalue weighted by atomic mass is 10.1. The highest BCUT2D eigenvalue weighted by Crippen LogP contribution is 2.18. The van der Waals surface area contributed by atoms with Crippen molar-refractivity contribution >= 4 is 18.2 Å². The maximum Gasteiger partial charge on any atom is 0.290 e. The molecule has 92 valence electrons. The third kappa shape index (κ3) is 6.13. The first kappa shape index (κ1) is 14.6. The number of carboxylic acid groups (broad SMARTS) is 1. The molecule has 16 heavy (non-hydrogen) atoms. The monoisotopic (exact) mass is 230 g/mol. The van der Waals surface area contributed by atoms with Crippen LogP contribution in [0.4, 0.5) is 0 Å². The fourth-order valence-corrected chi connectivity index (χ4v) is 1.09. The first-order chi connectivity index (χ1) is 7.56. The van der Waals surface area contributed by atoms with Gasteiger partial charge < -0.3 is 16.2 Å². The summed E-state index contributed by atoms with van der Waals surface area (Å²) in [7, 11) is 0. The van der Waals surface area contributed by atoms with Crippen LogP contribution in [0.15, 0.2) is 0 Å². The maximum absolute atomic E-state index is 11.3. The van der Waals surface area contributed by atoms with E-state index < -0.39 is 17.7 Å². The molecule has 6 nitrogen and oxygen atoms in total. The number of nitrogens with one attached hydrogen (secondary N) is 1. The van der Waals surface area contributed by atoms with Gasteiger partial charge in [0.05, 0.1) is 6.04 Å². The van der Waals surface area contributed by atoms with Crippen molar-refractivity contribution in [3.05, 3.63) is 0 Å². The molecule has 1 aliphatic rings. The minimum Gasteiger partial charge on any atom is -0.483 e. The van der Waals surface area contributed by atoms with E-state index in [1.54, 1.807) is 0 Å². The SMILES string of the molecule is CCCC(N)C(=O)C(=O)NC1CC1.O=CO. The molecule has 4 N–H and O–H groups in total. The van der Waals surface area contributed by atoms with Crippen LogP contribution in [0.25, 0.3) is 0 Å². The van der Waals surface area contributed by atoms with E-state index in [1.807, 2.05) is 6.92 Å². The Balaban J connectivity index is 0.000000673. The number of amides is 1. The minimum absolute atomic E-state index is 0.227. The van der Waals surface area contributed by atoms with Crippen LogP contribution in [0, 0.1) is 0 Å². The Bertz CT molecular complexity index is 251. The molecule has 1 aliphatic carbocycles. The molecule has 0 aromatic heterocycles. The van der Waals surface area contributed by atoms with Gasteiger partial charge in [0.15, 0.2) is 0 Å². The zero-order valence-electron chi connectivity index (χ0n) is 9.31. The molecule has 0 bridgehead atoms. The lowest BCUT2D eigenvalue weighted by Crippen LogP contribution is -2.43. The number of nitrogens with two attached hydrogens (primary N) is 1. The van der Waals surface area contributed by atoms with E-state index in [4.69, 9.17) is 15.6 Å². The summed E-state index contributed by atoms with van der Waals surface area (Å²) >= 11 is 0. The predicted octanol–water partition coefficient (Wildman–Crippen LogP) is -0.338. The topological polar surface area (TPSA) is 109 Å². The Hall–Kier alpha value is -1.43. The van der Waals surface area contributed by atoms with Crippen LogP contribution < -0.4 is 11.1 Å². The first-order valence-electron chi connectivity index (χ1n) is 5.24. The van der Waals surface area contributed by atoms with Crippen LogP contribution in [0.2, 0.25) is 0 Å². The number of carbonyl (C=O) groups excluding carboxylic acids is 2. The summed E-state index contributed by atoms with van der Waals surface area (Å²) in [6, 6.07) is -0.394. The van der Waals surface area contributed by atoms with Gasteiger partial charge in [-0.3, -0.25) is 14.4 Å². The van der Waals surface area contributed by atoms with E-state index >= 15 is 0 Å². The van der Waals surface area contributed by atoms with Crippen LogP contribution in [0.3, 0.4) is 0 Å². The number of Topliss-reactive ketones (excluding diaryl/α,β-unsaturated/α-hetero) is 1. The molecule has 1 atom stereocenters. The van der Waals surface area contributed by atoms with Crippen molar-refractivity contribution in [2.24, 2.45) is 5.73 Å². The highest BCUT2D eigenvalue weighted by Gasteiger charge is 2.28. The van der Waals surface area contributed by atoms with Gasteiger partial charge in [0.2, 0.25) is 5.78 Å². The molecule has 0 spiro atoms. The summed E-state index contributed by atoms with van der Waals surface area (Å²) in [5, 5.41) is 9.51. The third-order valence-electron chi connectivity index (χ3n) is 2.07. The van der Waals surface area contributed by atoms with Gasteiger partial charge in [-0.2, -0.15) is 0 Å². The Kier molecular flexibility index (Phi) is 7.11. The Labute approximate surface area is 94.2 Å². The lowest BCUT2D eigenvalue weighted by molar-refractivity contribution is -0.138. The van der Waals surface area contributed by atoms with Gasteiger partial charge in [0.25, 0.3) is 12.4 Å². The average Bonchev–Trinajstić information content (AvgIpc) is 3.02. The fraction of sp³-hybridized carbons (Fsp3) is 0.700. The van der Waals surface area contributed by atoms with Gasteiger partial charge in [0, 0.05) is 6.04 Å². The van der Waals surface area contributed by atoms with E-state index in [1.165, 1.54) is 0 Å². The second-order valence-corrected chi connectivity index (χ2v) is 3.61. The van der Waals surface area contributed by atoms with Gasteiger partial charge in [0.1, 0.15) is 0 Å². The first-order valence-corrected chi connectivity index (χ1v) is 5.24. The summed E-state index contributed by atoms with van der Waals surface area (Å²) in [6.07, 6.45) is 3.38. The average molecular weight is 230 g/mol. The molecule has 0 saturated heterocycles. The molecule has 0 radical (unpaired) electrons. The predicted molar refractivity (Wildman–Crippen MR) is 57.7 cm³/mol. The molecule has 6 heteroatoms. The van der Waals surface area contributed by atoms with Crippen LogP contribution in [0.5, 0.6) is 0 Å². The Morgan fingerprint density at radius 2 is 2.06 bits per heavy atom. The van der Waals surface area contributed by atoms with Crippen molar-refractivity contribution in [2.45, 2.75) is 44.7 Å². The van der Waals surface area contributed by atoms with Crippen molar-refractivity contribution < 1.29 is 19.5 Å². The molecule has 1 rings (SSSR count). The molecular weight excluding hydrogens is 212 g/mol. The highest BCUT2D eigenvalue weighted by atomic mass is 16.3. The number of carbonyl (C=O) groups is 3. The zero-order chi connectivity index (χ0) is 12.6. The maximum atomic E-state index is 11.3. The molecule has 0 heterocycles. The molecule has 1 amide bonds. The highest BCUT2D eigenvalue weighted by molar-refractivity contribution is 6.38. The summed E-state index contributed by atoms with van der Waals surface area (Å²) in [5.41, 5.74) is 5.51. The lowest BCUT2D eigenvalue weighted by Gasteiger charge is -2.08. The van der Waals surface area contributed by atoms with Crippen LogP contribution in [0.1, 0.15) is 32.6 Å². The van der Waals surface area contributed by atoms with Crippen LogP contribution in [-0.2, 0) is 14.4 Å². The van der Waals surface area contributed by atoms with Crippen molar-refractivity contribution in [2.75, 3.05) is 0 Å². The number of hydrogen-bond acceptors (Lipinski definition) is 4. The molecular formula is C10H18N2O4. The number of hydrogen-bond donors (Lipinski definition) is 3. The summed E-state index contributed by atoms with van der Waals surface area (Å²) < 4.78 is 0. The van der Waals surface area contributed by atoms with Crippen molar-refractivity contribution in [1.82, 2.24) is 5.32 Å². The van der Waals surface area contributed by atoms with Crippen LogP contribution in [-0.4, -0.2) is 35.4 Å². The van der Waals surface area contributed by atoms with E-state index in [0.29, 0.717) is 6.42 Å². The molecule has 0 aromatic rings. The van der Waals surface area contributed by atoms with E-state index in [-0.39, 0.29) is 12.5 Å². The Morgan fingerprint density at radius 1 is 1.56 bits per heavy atom. The molecule has 1 saturated carbocycles. The smallest absolute Gasteiger partial charge is 0.290 e. The Morgan fingerprint density at radius 3 is 2.44 bits per heavy atom. The molecule has 1 unspecified atom stereocenters. The van der Waals surface area contributed by atoms with Gasteiger partial charge in [-0.1, -0.05) is 13.3 Å². The largest absolute Gasteiger partial charge is 0.483 e. The van der Waals surface area contributed by atoms with Gasteiger partial charge >= 0.3 is 0 Å².